The third-order valence-corrected chi connectivity index (χ3v) is 4.52. The van der Waals surface area contributed by atoms with Crippen molar-refractivity contribution >= 4 is 5.97 Å². The number of ether oxygens (including phenoxy) is 1. The summed E-state index contributed by atoms with van der Waals surface area (Å²) in [5, 5.41) is 14.2. The van der Waals surface area contributed by atoms with Crippen LogP contribution in [-0.2, 0) is 16.9 Å². The molecular formula is C19H19FNNaO3. The number of hydrogen-bond donors (Lipinski definition) is 1. The summed E-state index contributed by atoms with van der Waals surface area (Å²) in [4.78, 5) is 11.1. The number of nitrogens with one attached hydrogen (secondary N) is 1. The van der Waals surface area contributed by atoms with Crippen LogP contribution in [0.4, 0.5) is 4.39 Å². The van der Waals surface area contributed by atoms with Gasteiger partial charge in [-0.1, -0.05) is 24.3 Å². The molecule has 1 atom stereocenters. The van der Waals surface area contributed by atoms with Gasteiger partial charge < -0.3 is 20.0 Å². The molecule has 126 valence electrons. The van der Waals surface area contributed by atoms with Gasteiger partial charge in [-0.05, 0) is 66.9 Å². The van der Waals surface area contributed by atoms with E-state index in [1.807, 2.05) is 7.05 Å². The summed E-state index contributed by atoms with van der Waals surface area (Å²) in [5.41, 5.74) is 2.12. The van der Waals surface area contributed by atoms with Crippen LogP contribution in [-0.4, -0.2) is 19.6 Å². The van der Waals surface area contributed by atoms with Gasteiger partial charge in [-0.15, -0.1) is 0 Å². The molecule has 0 saturated carbocycles. The van der Waals surface area contributed by atoms with Crippen molar-refractivity contribution < 1.29 is 48.6 Å². The van der Waals surface area contributed by atoms with Gasteiger partial charge in [0.15, 0.2) is 0 Å². The van der Waals surface area contributed by atoms with Gasteiger partial charge in [-0.3, -0.25) is 0 Å². The summed E-state index contributed by atoms with van der Waals surface area (Å²) in [5.74, 6) is -1.50. The Kier molecular flexibility index (Phi) is 6.77. The van der Waals surface area contributed by atoms with Gasteiger partial charge in [0, 0.05) is 0 Å². The molecule has 2 aromatic carbocycles. The average Bonchev–Trinajstić information content (AvgIpc) is 2.95. The second-order valence-corrected chi connectivity index (χ2v) is 5.99. The monoisotopic (exact) mass is 351 g/mol. The predicted octanol–water partition coefficient (Wildman–Crippen LogP) is -1.03. The molecule has 2 aromatic rings. The molecule has 1 aliphatic heterocycles. The van der Waals surface area contributed by atoms with E-state index in [0.29, 0.717) is 6.61 Å². The maximum absolute atomic E-state index is 13.3. The zero-order valence-electron chi connectivity index (χ0n) is 14.5. The molecule has 0 aromatic heterocycles. The molecule has 1 N–H and O–H groups in total. The van der Waals surface area contributed by atoms with Crippen molar-refractivity contribution in [2.75, 3.05) is 13.6 Å². The minimum atomic E-state index is -1.20. The fourth-order valence-electron chi connectivity index (χ4n) is 3.34. The first-order chi connectivity index (χ1) is 11.6. The van der Waals surface area contributed by atoms with Crippen LogP contribution in [0.1, 0.15) is 39.9 Å². The number of carbonyl (C=O) groups excluding carboxylic acids is 1. The van der Waals surface area contributed by atoms with Gasteiger partial charge in [0.1, 0.15) is 11.4 Å². The van der Waals surface area contributed by atoms with Crippen molar-refractivity contribution in [1.82, 2.24) is 5.32 Å². The van der Waals surface area contributed by atoms with Crippen LogP contribution < -0.4 is 40.0 Å². The van der Waals surface area contributed by atoms with E-state index in [1.54, 1.807) is 30.3 Å². The second kappa shape index (κ2) is 8.43. The Morgan fingerprint density at radius 1 is 1.28 bits per heavy atom. The number of fused-ring (bicyclic) bond motifs is 1. The van der Waals surface area contributed by atoms with E-state index in [4.69, 9.17) is 4.74 Å². The van der Waals surface area contributed by atoms with Gasteiger partial charge in [-0.2, -0.15) is 0 Å². The van der Waals surface area contributed by atoms with Crippen LogP contribution in [0.15, 0.2) is 42.5 Å². The summed E-state index contributed by atoms with van der Waals surface area (Å²) in [6.07, 6.45) is 1.59. The Labute approximate surface area is 168 Å². The van der Waals surface area contributed by atoms with E-state index in [2.05, 4.69) is 5.32 Å². The standard InChI is InChI=1S/C19H20FNO3.Na/c1-21-10-2-9-19(15-4-6-16(20)7-5-15)17-8-3-13(18(22)23)11-14(17)12-24-19;/h3-8,11,21H,2,9-10,12H2,1H3,(H,22,23);/q;+1/p-1. The number of hydrogen-bond acceptors (Lipinski definition) is 4. The van der Waals surface area contributed by atoms with Crippen molar-refractivity contribution in [2.24, 2.45) is 0 Å². The number of carboxylic acid groups (broad SMARTS) is 1. The van der Waals surface area contributed by atoms with Gasteiger partial charge in [0.2, 0.25) is 0 Å². The fourth-order valence-corrected chi connectivity index (χ4v) is 3.34. The molecule has 0 amide bonds. The topological polar surface area (TPSA) is 61.4 Å². The largest absolute Gasteiger partial charge is 1.00 e. The predicted molar refractivity (Wildman–Crippen MR) is 85.9 cm³/mol. The summed E-state index contributed by atoms with van der Waals surface area (Å²) in [6, 6.07) is 11.2. The van der Waals surface area contributed by atoms with Crippen LogP contribution in [0.5, 0.6) is 0 Å². The van der Waals surface area contributed by atoms with Gasteiger partial charge in [0.05, 0.1) is 12.6 Å². The van der Waals surface area contributed by atoms with Crippen LogP contribution in [0, 0.1) is 5.82 Å². The number of carbonyl (C=O) groups is 1. The summed E-state index contributed by atoms with van der Waals surface area (Å²) in [7, 11) is 1.89. The van der Waals surface area contributed by atoms with Crippen molar-refractivity contribution in [3.05, 3.63) is 70.5 Å². The van der Waals surface area contributed by atoms with E-state index < -0.39 is 11.6 Å². The first kappa shape index (κ1) is 20.1. The molecule has 4 nitrogen and oxygen atoms in total. The zero-order valence-corrected chi connectivity index (χ0v) is 16.5. The molecule has 1 aliphatic rings. The number of halogens is 1. The zero-order chi connectivity index (χ0) is 17.2. The SMILES string of the molecule is CNCCCC1(c2ccc(F)cc2)OCc2cc(C(=O)[O-])ccc21.[Na+]. The Morgan fingerprint density at radius 2 is 2.00 bits per heavy atom. The summed E-state index contributed by atoms with van der Waals surface area (Å²) >= 11 is 0. The molecule has 0 radical (unpaired) electrons. The molecule has 1 heterocycles. The fraction of sp³-hybridized carbons (Fsp3) is 0.316. The minimum Gasteiger partial charge on any atom is -0.545 e. The number of carboxylic acids is 1. The molecule has 1 unspecified atom stereocenters. The van der Waals surface area contributed by atoms with Gasteiger partial charge in [-0.25, -0.2) is 4.39 Å². The number of rotatable bonds is 6. The molecular weight excluding hydrogens is 332 g/mol. The van der Waals surface area contributed by atoms with Crippen LogP contribution in [0.2, 0.25) is 0 Å². The molecule has 0 fully saturated rings. The van der Waals surface area contributed by atoms with E-state index >= 15 is 0 Å². The quantitative estimate of drug-likeness (QED) is 0.534. The van der Waals surface area contributed by atoms with E-state index in [1.165, 1.54) is 12.1 Å². The Bertz CT molecular complexity index is 751. The molecule has 0 spiro atoms. The third-order valence-electron chi connectivity index (χ3n) is 4.52. The normalized spacial score (nSPS) is 18.5. The summed E-state index contributed by atoms with van der Waals surface area (Å²) < 4.78 is 19.5. The van der Waals surface area contributed by atoms with E-state index in [0.717, 1.165) is 36.1 Å². The van der Waals surface area contributed by atoms with Gasteiger partial charge in [0.25, 0.3) is 0 Å². The molecule has 25 heavy (non-hydrogen) atoms. The average molecular weight is 351 g/mol. The second-order valence-electron chi connectivity index (χ2n) is 5.99. The third kappa shape index (κ3) is 3.96. The van der Waals surface area contributed by atoms with E-state index in [9.17, 15) is 14.3 Å². The van der Waals surface area contributed by atoms with Crippen molar-refractivity contribution in [2.45, 2.75) is 25.0 Å². The number of aromatic carboxylic acids is 1. The first-order valence-electron chi connectivity index (χ1n) is 7.96. The Morgan fingerprint density at radius 3 is 2.64 bits per heavy atom. The van der Waals surface area contributed by atoms with Crippen molar-refractivity contribution in [3.8, 4) is 0 Å². The molecule has 6 heteroatoms. The first-order valence-corrected chi connectivity index (χ1v) is 7.96. The van der Waals surface area contributed by atoms with Crippen LogP contribution >= 0.6 is 0 Å². The summed E-state index contributed by atoms with van der Waals surface area (Å²) in [6.45, 7) is 1.16. The maximum Gasteiger partial charge on any atom is 1.00 e. The van der Waals surface area contributed by atoms with Crippen molar-refractivity contribution in [3.63, 3.8) is 0 Å². The Hall–Kier alpha value is -1.24. The van der Waals surface area contributed by atoms with E-state index in [-0.39, 0.29) is 40.9 Å². The number of benzene rings is 2. The smallest absolute Gasteiger partial charge is 0.545 e. The van der Waals surface area contributed by atoms with Crippen LogP contribution in [0.3, 0.4) is 0 Å². The molecule has 0 aliphatic carbocycles. The van der Waals surface area contributed by atoms with Gasteiger partial charge >= 0.3 is 29.6 Å². The maximum atomic E-state index is 13.3. The molecule has 3 rings (SSSR count). The van der Waals surface area contributed by atoms with Crippen LogP contribution in [0.25, 0.3) is 0 Å². The minimum absolute atomic E-state index is 0. The van der Waals surface area contributed by atoms with Crippen molar-refractivity contribution in [1.29, 1.82) is 0 Å². The Balaban J connectivity index is 0.00000225. The molecule has 0 bridgehead atoms. The molecule has 0 saturated heterocycles.